The van der Waals surface area contributed by atoms with E-state index in [1.807, 2.05) is 71.9 Å². The molecule has 1 radical (unpaired) electrons. The van der Waals surface area contributed by atoms with Gasteiger partial charge < -0.3 is 5.11 Å². The van der Waals surface area contributed by atoms with E-state index < -0.39 is 11.7 Å². The van der Waals surface area contributed by atoms with Crippen LogP contribution >= 0.6 is 0 Å². The van der Waals surface area contributed by atoms with Crippen molar-refractivity contribution in [2.24, 2.45) is 11.8 Å². The molecule has 0 saturated heterocycles. The zero-order valence-electron chi connectivity index (χ0n) is 27.1. The smallest absolute Gasteiger partial charge is 0.419 e. The average Bonchev–Trinajstić information content (AvgIpc) is 3.00. The molecule has 0 aliphatic rings. The SMILES string of the molecule is CCC(CC)C(=O)/C=C(\O)C(CC)CC.Cc1[c-]c(-c2ncnc3c(C(F)(F)F)c4c(ccc5ccccc54)cc23)cc(C)c1.[Ir]. The van der Waals surface area contributed by atoms with Crippen LogP contribution in [-0.2, 0) is 31.1 Å². The molecule has 0 spiro atoms. The normalized spacial score (nSPS) is 12.0. The maximum atomic E-state index is 14.4. The molecule has 0 atom stereocenters. The Morgan fingerprint density at radius 3 is 2.11 bits per heavy atom. The van der Waals surface area contributed by atoms with E-state index in [1.54, 1.807) is 24.3 Å². The van der Waals surface area contributed by atoms with Crippen LogP contribution in [0.25, 0.3) is 43.7 Å². The number of carbonyl (C=O) groups excluding carboxylic acids is 1. The number of halogens is 3. The van der Waals surface area contributed by atoms with Crippen molar-refractivity contribution in [3.05, 3.63) is 95.5 Å². The van der Waals surface area contributed by atoms with Gasteiger partial charge in [-0.05, 0) is 52.9 Å². The Kier molecular flexibility index (Phi) is 12.7. The third-order valence-electron chi connectivity index (χ3n) is 8.40. The fourth-order valence-electron chi connectivity index (χ4n) is 5.99. The fourth-order valence-corrected chi connectivity index (χ4v) is 5.99. The number of fused-ring (bicyclic) bond motifs is 4. The Bertz CT molecular complexity index is 1840. The molecule has 4 aromatic carbocycles. The molecule has 0 amide bonds. The van der Waals surface area contributed by atoms with Crippen molar-refractivity contribution in [3.63, 3.8) is 0 Å². The predicted octanol–water partition coefficient (Wildman–Crippen LogP) is 10.9. The van der Waals surface area contributed by atoms with Crippen LogP contribution in [0.15, 0.2) is 72.8 Å². The summed E-state index contributed by atoms with van der Waals surface area (Å²) in [5.74, 6) is 0.547. The van der Waals surface area contributed by atoms with Crippen LogP contribution in [0, 0.1) is 31.7 Å². The molecular weight excluding hydrogens is 766 g/mol. The van der Waals surface area contributed by atoms with Crippen molar-refractivity contribution >= 4 is 38.2 Å². The number of carbonyl (C=O) groups is 1. The third-order valence-corrected chi connectivity index (χ3v) is 8.40. The summed E-state index contributed by atoms with van der Waals surface area (Å²) in [6.45, 7) is 11.9. The monoisotopic (exact) mass is 806 g/mol. The van der Waals surface area contributed by atoms with Gasteiger partial charge in [-0.2, -0.15) is 13.2 Å². The van der Waals surface area contributed by atoms with Gasteiger partial charge >= 0.3 is 6.18 Å². The number of aromatic nitrogens is 2. The summed E-state index contributed by atoms with van der Waals surface area (Å²) in [6, 6.07) is 19.5. The number of aryl methyl sites for hydroxylation is 2. The second-order valence-corrected chi connectivity index (χ2v) is 11.5. The standard InChI is InChI=1S/C25H16F3N2.C13H24O2.Ir/c1-14-9-15(2)11-18(10-14)23-20-12-17-8-7-16-5-3-4-6-19(16)21(17)22(25(26,27)28)24(20)30-13-29-23;1-5-10(6-2)12(14)9-13(15)11(7-3)8-4;/h3-10,12-13H,1-2H3;9-11,14H,5-8H2,1-4H3;/q-1;;/b;12-9-;. The number of nitrogens with zero attached hydrogens (tertiary/aromatic N) is 2. The van der Waals surface area contributed by atoms with Crippen molar-refractivity contribution in [2.75, 3.05) is 0 Å². The Hall–Kier alpha value is -3.61. The van der Waals surface area contributed by atoms with Crippen LogP contribution in [0.2, 0.25) is 0 Å². The number of hydrogen-bond donors (Lipinski definition) is 1. The van der Waals surface area contributed by atoms with Crippen LogP contribution in [0.5, 0.6) is 0 Å². The van der Waals surface area contributed by atoms with Crippen molar-refractivity contribution in [1.82, 2.24) is 9.97 Å². The van der Waals surface area contributed by atoms with Gasteiger partial charge in [-0.1, -0.05) is 84.0 Å². The zero-order chi connectivity index (χ0) is 32.9. The molecule has 46 heavy (non-hydrogen) atoms. The molecule has 1 N–H and O–H groups in total. The maximum Gasteiger partial charge on any atom is 0.419 e. The first-order chi connectivity index (χ1) is 21.4. The topological polar surface area (TPSA) is 63.1 Å². The number of allylic oxidation sites excluding steroid dienone is 2. The van der Waals surface area contributed by atoms with Crippen molar-refractivity contribution in [2.45, 2.75) is 73.4 Å². The van der Waals surface area contributed by atoms with Gasteiger partial charge in [0.1, 0.15) is 6.33 Å². The van der Waals surface area contributed by atoms with E-state index >= 15 is 0 Å². The van der Waals surface area contributed by atoms with E-state index in [9.17, 15) is 23.1 Å². The summed E-state index contributed by atoms with van der Waals surface area (Å²) < 4.78 is 43.1. The molecule has 4 nitrogen and oxygen atoms in total. The first kappa shape index (κ1) is 36.9. The molecule has 245 valence electrons. The van der Waals surface area contributed by atoms with Gasteiger partial charge in [0.25, 0.3) is 0 Å². The minimum atomic E-state index is -4.57. The quantitative estimate of drug-likeness (QED) is 0.0558. The Morgan fingerprint density at radius 2 is 1.50 bits per heavy atom. The van der Waals surface area contributed by atoms with Crippen LogP contribution in [0.4, 0.5) is 13.2 Å². The largest absolute Gasteiger partial charge is 0.512 e. The molecule has 0 fully saturated rings. The molecule has 0 unspecified atom stereocenters. The van der Waals surface area contributed by atoms with Crippen molar-refractivity contribution in [1.29, 1.82) is 0 Å². The van der Waals surface area contributed by atoms with Gasteiger partial charge in [0, 0.05) is 43.4 Å². The van der Waals surface area contributed by atoms with E-state index in [2.05, 4.69) is 16.0 Å². The van der Waals surface area contributed by atoms with Gasteiger partial charge in [-0.25, -0.2) is 4.98 Å². The number of ketones is 1. The Labute approximate surface area is 282 Å². The molecule has 5 aromatic rings. The summed E-state index contributed by atoms with van der Waals surface area (Å²) in [6.07, 6.45) is 1.54. The molecule has 0 saturated carbocycles. The molecular formula is C38H40F3IrN2O2-. The predicted molar refractivity (Wildman–Crippen MR) is 177 cm³/mol. The molecule has 0 aliphatic heterocycles. The number of aliphatic hydroxyl groups is 1. The van der Waals surface area contributed by atoms with Gasteiger partial charge in [-0.3, -0.25) is 9.78 Å². The summed E-state index contributed by atoms with van der Waals surface area (Å²) in [7, 11) is 0. The van der Waals surface area contributed by atoms with Crippen LogP contribution in [0.3, 0.4) is 0 Å². The second-order valence-electron chi connectivity index (χ2n) is 11.5. The molecule has 8 heteroatoms. The van der Waals surface area contributed by atoms with E-state index in [0.29, 0.717) is 27.4 Å². The van der Waals surface area contributed by atoms with Crippen molar-refractivity contribution < 1.29 is 43.2 Å². The van der Waals surface area contributed by atoms with Gasteiger partial charge in [-0.15, -0.1) is 34.9 Å². The Balaban J connectivity index is 0.000000309. The third kappa shape index (κ3) is 8.02. The van der Waals surface area contributed by atoms with Crippen LogP contribution in [0.1, 0.15) is 70.1 Å². The first-order valence-electron chi connectivity index (χ1n) is 15.5. The number of aliphatic hydroxyl groups excluding tert-OH is 1. The molecule has 5 rings (SSSR count). The number of rotatable bonds is 8. The first-order valence-corrected chi connectivity index (χ1v) is 15.5. The number of benzene rings is 4. The summed E-state index contributed by atoms with van der Waals surface area (Å²) in [4.78, 5) is 20.1. The van der Waals surface area contributed by atoms with E-state index in [0.717, 1.165) is 42.2 Å². The summed E-state index contributed by atoms with van der Waals surface area (Å²) >= 11 is 0. The molecule has 1 heterocycles. The fraction of sp³-hybridized carbons (Fsp3) is 0.342. The molecule has 0 bridgehead atoms. The average molecular weight is 806 g/mol. The Morgan fingerprint density at radius 1 is 0.870 bits per heavy atom. The maximum absolute atomic E-state index is 14.4. The van der Waals surface area contributed by atoms with E-state index in [-0.39, 0.29) is 54.4 Å². The minimum absolute atomic E-state index is 0. The summed E-state index contributed by atoms with van der Waals surface area (Å²) in [5.41, 5.74) is 2.19. The van der Waals surface area contributed by atoms with Gasteiger partial charge in [0.15, 0.2) is 5.78 Å². The minimum Gasteiger partial charge on any atom is -0.512 e. The molecule has 1 aromatic heterocycles. The second kappa shape index (κ2) is 15.8. The summed E-state index contributed by atoms with van der Waals surface area (Å²) in [5, 5.41) is 12.1. The van der Waals surface area contributed by atoms with E-state index in [1.165, 1.54) is 12.4 Å². The van der Waals surface area contributed by atoms with Gasteiger partial charge in [0.2, 0.25) is 0 Å². The van der Waals surface area contributed by atoms with Crippen LogP contribution < -0.4 is 0 Å². The van der Waals surface area contributed by atoms with Crippen LogP contribution in [-0.4, -0.2) is 20.9 Å². The van der Waals surface area contributed by atoms with Crippen molar-refractivity contribution in [3.8, 4) is 11.3 Å². The number of hydrogen-bond acceptors (Lipinski definition) is 4. The van der Waals surface area contributed by atoms with E-state index in [4.69, 9.17) is 0 Å². The van der Waals surface area contributed by atoms with Gasteiger partial charge in [0.05, 0.1) is 16.8 Å². The molecule has 0 aliphatic carbocycles. The zero-order valence-corrected chi connectivity index (χ0v) is 29.4. The number of alkyl halides is 3.